The maximum absolute atomic E-state index is 5.53. The number of piperidine rings is 1. The monoisotopic (exact) mass is 383 g/mol. The number of hydrogen-bond acceptors (Lipinski definition) is 3. The van der Waals surface area contributed by atoms with Crippen molar-refractivity contribution in [3.8, 4) is 5.75 Å². The summed E-state index contributed by atoms with van der Waals surface area (Å²) in [6.45, 7) is 7.09. The highest BCUT2D eigenvalue weighted by Crippen LogP contribution is 2.23. The molecule has 4 nitrogen and oxygen atoms in total. The van der Waals surface area contributed by atoms with Crippen LogP contribution in [0.1, 0.15) is 44.7 Å². The van der Waals surface area contributed by atoms with E-state index in [1.165, 1.54) is 43.6 Å². The molecule has 0 unspecified atom stereocenters. The summed E-state index contributed by atoms with van der Waals surface area (Å²) in [4.78, 5) is 2.48. The Morgan fingerprint density at radius 2 is 1.85 bits per heavy atom. The summed E-state index contributed by atoms with van der Waals surface area (Å²) in [7, 11) is 0. The minimum atomic E-state index is 0.135. The predicted molar refractivity (Wildman–Crippen MR) is 118 cm³/mol. The Bertz CT molecular complexity index is 741. The van der Waals surface area contributed by atoms with Gasteiger partial charge in [0.25, 0.3) is 0 Å². The summed E-state index contributed by atoms with van der Waals surface area (Å²) in [5.74, 6) is 0.839. The number of benzene rings is 2. The van der Waals surface area contributed by atoms with Gasteiger partial charge in [0, 0.05) is 30.5 Å². The first-order chi connectivity index (χ1) is 13.2. The van der Waals surface area contributed by atoms with Crippen LogP contribution in [-0.4, -0.2) is 24.8 Å². The van der Waals surface area contributed by atoms with Crippen LogP contribution in [0.15, 0.2) is 48.5 Å². The highest BCUT2D eigenvalue weighted by molar-refractivity contribution is 7.80. The Labute approximate surface area is 167 Å². The van der Waals surface area contributed by atoms with Gasteiger partial charge in [0.1, 0.15) is 5.75 Å². The average Bonchev–Trinajstić information content (AvgIpc) is 2.69. The molecule has 2 N–H and O–H groups in total. The molecule has 0 aromatic heterocycles. The van der Waals surface area contributed by atoms with Crippen molar-refractivity contribution in [2.75, 3.05) is 29.9 Å². The molecule has 0 amide bonds. The third-order valence-electron chi connectivity index (χ3n) is 4.86. The van der Waals surface area contributed by atoms with Crippen LogP contribution in [0, 0.1) is 0 Å². The van der Waals surface area contributed by atoms with E-state index in [0.717, 1.165) is 11.4 Å². The van der Waals surface area contributed by atoms with Gasteiger partial charge in [0.2, 0.25) is 0 Å². The van der Waals surface area contributed by atoms with Gasteiger partial charge < -0.3 is 20.3 Å². The van der Waals surface area contributed by atoms with Crippen LogP contribution >= 0.6 is 12.2 Å². The van der Waals surface area contributed by atoms with Crippen molar-refractivity contribution in [3.05, 3.63) is 54.1 Å². The molecule has 144 valence electrons. The van der Waals surface area contributed by atoms with Gasteiger partial charge in [-0.3, -0.25) is 0 Å². The largest absolute Gasteiger partial charge is 0.494 e. The van der Waals surface area contributed by atoms with E-state index in [4.69, 9.17) is 17.0 Å². The van der Waals surface area contributed by atoms with E-state index in [-0.39, 0.29) is 6.04 Å². The SMILES string of the molecule is CCOc1cccc(NC(=S)N[C@@H](C)c2ccc(N3CCCCC3)cc2)c1. The predicted octanol–water partition coefficient (Wildman–Crippen LogP) is 5.12. The van der Waals surface area contributed by atoms with E-state index in [9.17, 15) is 0 Å². The van der Waals surface area contributed by atoms with Gasteiger partial charge in [0.15, 0.2) is 5.11 Å². The molecule has 0 spiro atoms. The van der Waals surface area contributed by atoms with Crippen LogP contribution in [0.25, 0.3) is 0 Å². The quantitative estimate of drug-likeness (QED) is 0.677. The number of hydrogen-bond donors (Lipinski definition) is 2. The fraction of sp³-hybridized carbons (Fsp3) is 0.409. The van der Waals surface area contributed by atoms with Crippen LogP contribution in [0.3, 0.4) is 0 Å². The molecule has 0 radical (unpaired) electrons. The summed E-state index contributed by atoms with van der Waals surface area (Å²) >= 11 is 5.48. The molecule has 2 aromatic carbocycles. The standard InChI is InChI=1S/C22H29N3OS/c1-3-26-21-9-7-8-19(16-21)24-22(27)23-17(2)18-10-12-20(13-11-18)25-14-5-4-6-15-25/h7-13,16-17H,3-6,14-15H2,1-2H3,(H2,23,24,27)/t17-/m0/s1. The first-order valence-corrected chi connectivity index (χ1v) is 10.2. The van der Waals surface area contributed by atoms with Crippen molar-refractivity contribution in [3.63, 3.8) is 0 Å². The molecule has 0 bridgehead atoms. The van der Waals surface area contributed by atoms with Gasteiger partial charge in [0.05, 0.1) is 12.6 Å². The summed E-state index contributed by atoms with van der Waals surface area (Å²) < 4.78 is 5.53. The molecule has 0 saturated carbocycles. The van der Waals surface area contributed by atoms with Crippen molar-refractivity contribution in [1.82, 2.24) is 5.32 Å². The molecule has 3 rings (SSSR count). The van der Waals surface area contributed by atoms with Crippen LogP contribution in [0.5, 0.6) is 5.75 Å². The number of nitrogens with zero attached hydrogens (tertiary/aromatic N) is 1. The molecular formula is C22H29N3OS. The summed E-state index contributed by atoms with van der Waals surface area (Å²) in [6.07, 6.45) is 3.95. The van der Waals surface area contributed by atoms with E-state index in [2.05, 4.69) is 46.7 Å². The van der Waals surface area contributed by atoms with Crippen molar-refractivity contribution in [2.24, 2.45) is 0 Å². The van der Waals surface area contributed by atoms with Crippen LogP contribution in [0.4, 0.5) is 11.4 Å². The maximum Gasteiger partial charge on any atom is 0.171 e. The molecular weight excluding hydrogens is 354 g/mol. The molecule has 1 atom stereocenters. The van der Waals surface area contributed by atoms with E-state index in [1.807, 2.05) is 31.2 Å². The fourth-order valence-corrected chi connectivity index (χ4v) is 3.70. The lowest BCUT2D eigenvalue weighted by atomic mass is 10.1. The minimum absolute atomic E-state index is 0.135. The zero-order chi connectivity index (χ0) is 19.1. The van der Waals surface area contributed by atoms with Gasteiger partial charge in [-0.05, 0) is 75.2 Å². The summed E-state index contributed by atoms with van der Waals surface area (Å²) in [5, 5.41) is 7.21. The summed E-state index contributed by atoms with van der Waals surface area (Å²) in [6, 6.07) is 16.8. The lowest BCUT2D eigenvalue weighted by Crippen LogP contribution is -2.31. The number of anilines is 2. The van der Waals surface area contributed by atoms with Crippen molar-refractivity contribution < 1.29 is 4.74 Å². The van der Waals surface area contributed by atoms with Gasteiger partial charge in [-0.1, -0.05) is 18.2 Å². The molecule has 5 heteroatoms. The Hall–Kier alpha value is -2.27. The molecule has 1 aliphatic heterocycles. The maximum atomic E-state index is 5.53. The first-order valence-electron chi connectivity index (χ1n) is 9.81. The van der Waals surface area contributed by atoms with E-state index in [0.29, 0.717) is 11.7 Å². The van der Waals surface area contributed by atoms with Gasteiger partial charge in [-0.15, -0.1) is 0 Å². The van der Waals surface area contributed by atoms with Crippen LogP contribution in [0.2, 0.25) is 0 Å². The van der Waals surface area contributed by atoms with Crippen LogP contribution in [-0.2, 0) is 0 Å². The van der Waals surface area contributed by atoms with E-state index >= 15 is 0 Å². The molecule has 1 saturated heterocycles. The Morgan fingerprint density at radius 1 is 1.11 bits per heavy atom. The Morgan fingerprint density at radius 3 is 2.56 bits per heavy atom. The van der Waals surface area contributed by atoms with Crippen molar-refractivity contribution in [1.29, 1.82) is 0 Å². The van der Waals surface area contributed by atoms with Crippen molar-refractivity contribution >= 4 is 28.7 Å². The van der Waals surface area contributed by atoms with Gasteiger partial charge in [-0.2, -0.15) is 0 Å². The lowest BCUT2D eigenvalue weighted by Gasteiger charge is -2.29. The smallest absolute Gasteiger partial charge is 0.171 e. The minimum Gasteiger partial charge on any atom is -0.494 e. The van der Waals surface area contributed by atoms with Gasteiger partial charge in [-0.25, -0.2) is 0 Å². The Kier molecular flexibility index (Phi) is 6.93. The topological polar surface area (TPSA) is 36.5 Å². The number of nitrogens with one attached hydrogen (secondary N) is 2. The zero-order valence-electron chi connectivity index (χ0n) is 16.2. The second kappa shape index (κ2) is 9.60. The van der Waals surface area contributed by atoms with Crippen LogP contribution < -0.4 is 20.3 Å². The molecule has 27 heavy (non-hydrogen) atoms. The van der Waals surface area contributed by atoms with Crippen molar-refractivity contribution in [2.45, 2.75) is 39.2 Å². The second-order valence-corrected chi connectivity index (χ2v) is 7.33. The molecule has 1 fully saturated rings. The lowest BCUT2D eigenvalue weighted by molar-refractivity contribution is 0.340. The Balaban J connectivity index is 1.55. The molecule has 2 aromatic rings. The normalized spacial score (nSPS) is 15.1. The third kappa shape index (κ3) is 5.60. The highest BCUT2D eigenvalue weighted by Gasteiger charge is 2.12. The number of ether oxygens (including phenoxy) is 1. The van der Waals surface area contributed by atoms with E-state index in [1.54, 1.807) is 0 Å². The molecule has 1 aliphatic rings. The zero-order valence-corrected chi connectivity index (χ0v) is 17.0. The average molecular weight is 384 g/mol. The number of rotatable bonds is 6. The van der Waals surface area contributed by atoms with Gasteiger partial charge >= 0.3 is 0 Å². The molecule has 1 heterocycles. The summed E-state index contributed by atoms with van der Waals surface area (Å²) in [5.41, 5.74) is 3.47. The van der Waals surface area contributed by atoms with E-state index < -0.39 is 0 Å². The third-order valence-corrected chi connectivity index (χ3v) is 5.08. The highest BCUT2D eigenvalue weighted by atomic mass is 32.1. The second-order valence-electron chi connectivity index (χ2n) is 6.92. The molecule has 0 aliphatic carbocycles. The number of thiocarbonyl (C=S) groups is 1. The fourth-order valence-electron chi connectivity index (χ4n) is 3.40. The first kappa shape index (κ1) is 19.5.